The molecule has 5 nitrogen and oxygen atoms in total. The Morgan fingerprint density at radius 2 is 2.00 bits per heavy atom. The number of nitrogens with one attached hydrogen (secondary N) is 2. The number of H-pyrrole nitrogens is 2. The maximum Gasteiger partial charge on any atom is 0.323 e. The molecule has 0 aliphatic heterocycles. The van der Waals surface area contributed by atoms with Crippen molar-refractivity contribution in [2.45, 2.75) is 13.3 Å². The molecule has 13 heavy (non-hydrogen) atoms. The summed E-state index contributed by atoms with van der Waals surface area (Å²) >= 11 is 0. The first-order valence-electron chi connectivity index (χ1n) is 4.09. The monoisotopic (exact) mass is 183 g/mol. The van der Waals surface area contributed by atoms with E-state index in [1.165, 1.54) is 4.90 Å². The molecule has 0 aromatic carbocycles. The zero-order valence-corrected chi connectivity index (χ0v) is 7.97. The molecule has 72 valence electrons. The van der Waals surface area contributed by atoms with Crippen molar-refractivity contribution in [2.24, 2.45) is 0 Å². The number of aromatic nitrogens is 2. The number of rotatable bonds is 2. The van der Waals surface area contributed by atoms with Crippen molar-refractivity contribution >= 4 is 5.91 Å². The molecule has 0 radical (unpaired) electrons. The number of carbonyl (C=O) groups is 1. The van der Waals surface area contributed by atoms with E-state index in [1.807, 2.05) is 6.92 Å². The number of nitrogens with zero attached hydrogens (tertiary/aromatic N) is 1. The molecule has 1 rings (SSSR count). The van der Waals surface area contributed by atoms with Crippen LogP contribution < -0.4 is 5.69 Å². The molecule has 2 N–H and O–H groups in total. The van der Waals surface area contributed by atoms with Gasteiger partial charge in [0, 0.05) is 19.8 Å². The number of imidazole rings is 1. The largest absolute Gasteiger partial charge is 0.343 e. The molecule has 0 unspecified atom stereocenters. The van der Waals surface area contributed by atoms with Gasteiger partial charge in [-0.3, -0.25) is 4.79 Å². The minimum absolute atomic E-state index is 0.185. The Morgan fingerprint density at radius 3 is 2.46 bits per heavy atom. The van der Waals surface area contributed by atoms with Gasteiger partial charge in [-0.2, -0.15) is 0 Å². The average Bonchev–Trinajstić information content (AvgIpc) is 2.45. The summed E-state index contributed by atoms with van der Waals surface area (Å²) < 4.78 is 0. The maximum absolute atomic E-state index is 11.5. The van der Waals surface area contributed by atoms with Crippen LogP contribution >= 0.6 is 0 Å². The minimum atomic E-state index is -0.331. The Balaban J connectivity index is 3.13. The zero-order valence-electron chi connectivity index (χ0n) is 7.97. The molecule has 0 aliphatic carbocycles. The molecule has 0 saturated carbocycles. The lowest BCUT2D eigenvalue weighted by Crippen LogP contribution is -2.23. The van der Waals surface area contributed by atoms with Crippen LogP contribution in [0.25, 0.3) is 0 Å². The van der Waals surface area contributed by atoms with Crippen molar-refractivity contribution in [1.29, 1.82) is 0 Å². The normalized spacial score (nSPS) is 10.1. The molecule has 0 atom stereocenters. The Kier molecular flexibility index (Phi) is 2.55. The molecule has 0 spiro atoms. The van der Waals surface area contributed by atoms with Crippen molar-refractivity contribution in [3.8, 4) is 0 Å². The van der Waals surface area contributed by atoms with Crippen molar-refractivity contribution < 1.29 is 4.79 Å². The van der Waals surface area contributed by atoms with Gasteiger partial charge in [-0.15, -0.1) is 0 Å². The molecular weight excluding hydrogens is 170 g/mol. The highest BCUT2D eigenvalue weighted by Crippen LogP contribution is 2.03. The van der Waals surface area contributed by atoms with E-state index in [2.05, 4.69) is 9.97 Å². The van der Waals surface area contributed by atoms with Crippen LogP contribution in [0.2, 0.25) is 0 Å². The van der Waals surface area contributed by atoms with Crippen LogP contribution in [-0.4, -0.2) is 34.9 Å². The summed E-state index contributed by atoms with van der Waals surface area (Å²) in [5.74, 6) is -0.185. The van der Waals surface area contributed by atoms with Crippen LogP contribution in [0.3, 0.4) is 0 Å². The standard InChI is InChI=1S/C8H13N3O2/c1-4-5-6(7(12)11(2)3)10-8(13)9-5/h4H2,1-3H3,(H2,9,10,13). The lowest BCUT2D eigenvalue weighted by molar-refractivity contribution is 0.0821. The van der Waals surface area contributed by atoms with Crippen LogP contribution in [0, 0.1) is 0 Å². The van der Waals surface area contributed by atoms with Gasteiger partial charge in [-0.05, 0) is 6.42 Å². The van der Waals surface area contributed by atoms with Crippen molar-refractivity contribution in [3.05, 3.63) is 21.9 Å². The molecule has 1 aromatic rings. The van der Waals surface area contributed by atoms with E-state index in [0.717, 1.165) is 0 Å². The molecule has 1 heterocycles. The summed E-state index contributed by atoms with van der Waals surface area (Å²) in [7, 11) is 3.29. The fourth-order valence-electron chi connectivity index (χ4n) is 1.09. The van der Waals surface area contributed by atoms with Gasteiger partial charge in [0.05, 0.1) is 0 Å². The summed E-state index contributed by atoms with van der Waals surface area (Å²) in [5.41, 5.74) is 0.684. The van der Waals surface area contributed by atoms with Crippen LogP contribution in [0.15, 0.2) is 4.79 Å². The molecule has 0 fully saturated rings. The van der Waals surface area contributed by atoms with Crippen LogP contribution in [0.1, 0.15) is 23.1 Å². The van der Waals surface area contributed by atoms with Gasteiger partial charge in [0.15, 0.2) is 0 Å². The number of carbonyl (C=O) groups excluding carboxylic acids is 1. The fraction of sp³-hybridized carbons (Fsp3) is 0.500. The van der Waals surface area contributed by atoms with Crippen molar-refractivity contribution in [1.82, 2.24) is 14.9 Å². The highest BCUT2D eigenvalue weighted by molar-refractivity contribution is 5.93. The SMILES string of the molecule is CCc1[nH]c(=O)[nH]c1C(=O)N(C)C. The molecule has 0 aliphatic rings. The molecule has 1 amide bonds. The summed E-state index contributed by atoms with van der Waals surface area (Å²) in [6.45, 7) is 1.88. The Bertz CT molecular complexity index is 362. The Morgan fingerprint density at radius 1 is 1.38 bits per heavy atom. The second-order valence-electron chi connectivity index (χ2n) is 2.99. The van der Waals surface area contributed by atoms with Crippen LogP contribution in [0.5, 0.6) is 0 Å². The molecule has 1 aromatic heterocycles. The Hall–Kier alpha value is -1.52. The number of hydrogen-bond donors (Lipinski definition) is 2. The lowest BCUT2D eigenvalue weighted by atomic mass is 10.2. The van der Waals surface area contributed by atoms with E-state index >= 15 is 0 Å². The van der Waals surface area contributed by atoms with Gasteiger partial charge >= 0.3 is 5.69 Å². The summed E-state index contributed by atoms with van der Waals surface area (Å²) in [4.78, 5) is 28.9. The first-order chi connectivity index (χ1) is 6.06. The van der Waals surface area contributed by atoms with Gasteiger partial charge in [-0.25, -0.2) is 4.79 Å². The number of amides is 1. The van der Waals surface area contributed by atoms with E-state index in [0.29, 0.717) is 17.8 Å². The topological polar surface area (TPSA) is 69.0 Å². The van der Waals surface area contributed by atoms with Crippen LogP contribution in [0.4, 0.5) is 0 Å². The van der Waals surface area contributed by atoms with E-state index in [9.17, 15) is 9.59 Å². The minimum Gasteiger partial charge on any atom is -0.343 e. The second-order valence-corrected chi connectivity index (χ2v) is 2.99. The third-order valence-electron chi connectivity index (χ3n) is 1.78. The highest BCUT2D eigenvalue weighted by Gasteiger charge is 2.15. The highest BCUT2D eigenvalue weighted by atomic mass is 16.2. The fourth-order valence-corrected chi connectivity index (χ4v) is 1.09. The summed E-state index contributed by atoms with van der Waals surface area (Å²) in [5, 5.41) is 0. The first kappa shape index (κ1) is 9.57. The van der Waals surface area contributed by atoms with Gasteiger partial charge in [0.1, 0.15) is 5.69 Å². The maximum atomic E-state index is 11.5. The van der Waals surface area contributed by atoms with Crippen molar-refractivity contribution in [3.63, 3.8) is 0 Å². The van der Waals surface area contributed by atoms with E-state index in [-0.39, 0.29) is 11.6 Å². The summed E-state index contributed by atoms with van der Waals surface area (Å²) in [6, 6.07) is 0. The molecule has 5 heteroatoms. The van der Waals surface area contributed by atoms with E-state index in [4.69, 9.17) is 0 Å². The predicted molar refractivity (Wildman–Crippen MR) is 48.8 cm³/mol. The predicted octanol–water partition coefficient (Wildman–Crippen LogP) is -0.0328. The second kappa shape index (κ2) is 3.47. The van der Waals surface area contributed by atoms with Gasteiger partial charge < -0.3 is 14.9 Å². The van der Waals surface area contributed by atoms with Crippen molar-refractivity contribution in [2.75, 3.05) is 14.1 Å². The molecule has 0 bridgehead atoms. The summed E-state index contributed by atoms with van der Waals surface area (Å²) in [6.07, 6.45) is 0.633. The third-order valence-corrected chi connectivity index (χ3v) is 1.78. The number of hydrogen-bond acceptors (Lipinski definition) is 2. The van der Waals surface area contributed by atoms with Gasteiger partial charge in [0.25, 0.3) is 5.91 Å². The lowest BCUT2D eigenvalue weighted by Gasteiger charge is -2.08. The first-order valence-corrected chi connectivity index (χ1v) is 4.09. The van der Waals surface area contributed by atoms with Gasteiger partial charge in [0.2, 0.25) is 0 Å². The zero-order chi connectivity index (χ0) is 10.0. The smallest absolute Gasteiger partial charge is 0.323 e. The Labute approximate surface area is 75.8 Å². The van der Waals surface area contributed by atoms with Gasteiger partial charge in [-0.1, -0.05) is 6.92 Å². The van der Waals surface area contributed by atoms with E-state index < -0.39 is 0 Å². The molecular formula is C8H13N3O2. The number of aryl methyl sites for hydroxylation is 1. The average molecular weight is 183 g/mol. The molecule has 0 saturated heterocycles. The third kappa shape index (κ3) is 1.80. The number of aromatic amines is 2. The van der Waals surface area contributed by atoms with E-state index in [1.54, 1.807) is 14.1 Å². The quantitative estimate of drug-likeness (QED) is 0.675. The van der Waals surface area contributed by atoms with Crippen LogP contribution in [-0.2, 0) is 6.42 Å².